The van der Waals surface area contributed by atoms with Gasteiger partial charge < -0.3 is 15.8 Å². The van der Waals surface area contributed by atoms with Crippen molar-refractivity contribution in [3.8, 4) is 108 Å². The fraction of sp³-hybridized carbons (Fsp3) is 0.0543. The van der Waals surface area contributed by atoms with Crippen molar-refractivity contribution in [1.29, 1.82) is 0 Å². The van der Waals surface area contributed by atoms with Gasteiger partial charge in [-0.2, -0.15) is 15.3 Å². The summed E-state index contributed by atoms with van der Waals surface area (Å²) < 4.78 is 90.5. The van der Waals surface area contributed by atoms with Gasteiger partial charge in [-0.1, -0.05) is 174 Å². The molecule has 30 nitrogen and oxygen atoms in total. The van der Waals surface area contributed by atoms with Gasteiger partial charge in [0, 0.05) is 92.4 Å². The zero-order valence-corrected chi connectivity index (χ0v) is 73.4. The number of sulfone groups is 3. The van der Waals surface area contributed by atoms with Crippen molar-refractivity contribution in [2.24, 2.45) is 0 Å². The summed E-state index contributed by atoms with van der Waals surface area (Å²) in [4.78, 5) is 82.8. The normalized spacial score (nSPS) is 11.6. The lowest BCUT2D eigenvalue weighted by molar-refractivity contribution is 0.414. The number of nitrogens with zero attached hydrogens (tertiary/aromatic N) is 18. The molecule has 3 N–H and O–H groups in total. The van der Waals surface area contributed by atoms with E-state index in [1.807, 2.05) is 97.1 Å². The summed E-state index contributed by atoms with van der Waals surface area (Å²) in [6, 6.07) is 81.7. The Bertz CT molecular complexity index is 7790. The molecule has 9 aromatic heterocycles. The summed E-state index contributed by atoms with van der Waals surface area (Å²) in [5, 5.41) is 16.5. The third-order valence-electron chi connectivity index (χ3n) is 20.2. The predicted octanol–water partition coefficient (Wildman–Crippen LogP) is 16.1. The second-order valence-corrected chi connectivity index (χ2v) is 36.4. The number of ether oxygens (including phenoxy) is 1. The van der Waals surface area contributed by atoms with E-state index in [2.05, 4.69) is 45.5 Å². The Morgan fingerprint density at radius 2 is 0.651 bits per heavy atom. The van der Waals surface area contributed by atoms with Crippen LogP contribution in [0.2, 0.25) is 20.4 Å². The smallest absolute Gasteiger partial charge is 0.270 e. The lowest BCUT2D eigenvalue weighted by Gasteiger charge is -2.14. The van der Waals surface area contributed by atoms with Crippen LogP contribution in [0.1, 0.15) is 5.56 Å². The van der Waals surface area contributed by atoms with Crippen LogP contribution < -0.4 is 32.5 Å². The third kappa shape index (κ3) is 18.0. The van der Waals surface area contributed by atoms with Gasteiger partial charge in [0.15, 0.2) is 61.5 Å². The van der Waals surface area contributed by atoms with E-state index in [0.29, 0.717) is 95.5 Å². The lowest BCUT2D eigenvalue weighted by atomic mass is 10.1. The molecule has 19 rings (SSSR count). The SMILES string of the molecule is COc1ccc(CNc2nccc(-c3ccc(-c4nc5c(c(S(C)(=O)=O)nn5-c5ccccc5)c(=O)n4-c4ccc(Cl)cc4)cc3)n2)cc1.CS(=O)(=O)c1nn(-c2ccccc2)c2nc(-c3ccc(-c4ccnc(Cl)n4)cc3)n(-c3ccc(Cl)cc3)c(=O)c12.CS(=O)(=O)c1nn(-c2ccccc2)c2nc(-c3ccc(-c4ccnc(N)n4)cc3)n(-c3ccc(Cl)cc3)c(=O)c12. The van der Waals surface area contributed by atoms with Crippen LogP contribution >= 0.6 is 46.4 Å². The van der Waals surface area contributed by atoms with Gasteiger partial charge in [0.25, 0.3) is 16.7 Å². The van der Waals surface area contributed by atoms with Gasteiger partial charge in [-0.05, 0) is 157 Å². The average Bonchev–Trinajstić information content (AvgIpc) is 1.58. The highest BCUT2D eigenvalue weighted by atomic mass is 35.5. The number of anilines is 2. The third-order valence-corrected chi connectivity index (χ3v) is 24.1. The summed E-state index contributed by atoms with van der Waals surface area (Å²) in [7, 11) is -10.1. The average molecular weight is 1850 g/mol. The summed E-state index contributed by atoms with van der Waals surface area (Å²) in [6.45, 7) is 0.531. The molecular formula is C92H66Cl4N20O10S3. The molecule has 0 fully saturated rings. The molecule has 0 atom stereocenters. The molecule has 19 aromatic rings. The van der Waals surface area contributed by atoms with Crippen LogP contribution in [0.3, 0.4) is 0 Å². The molecule has 0 saturated carbocycles. The number of methoxy groups -OCH3 is 1. The molecule has 0 unspecified atom stereocenters. The number of nitrogen functional groups attached to an aromatic ring is 1. The molecule has 0 amide bonds. The molecule has 0 bridgehead atoms. The second kappa shape index (κ2) is 35.7. The first kappa shape index (κ1) is 86.0. The number of halogens is 4. The van der Waals surface area contributed by atoms with Crippen LogP contribution in [-0.4, -0.2) is 139 Å². The number of nitrogens with two attached hydrogens (primary N) is 1. The molecule has 0 aliphatic heterocycles. The molecule has 10 aromatic carbocycles. The number of rotatable bonds is 19. The summed E-state index contributed by atoms with van der Waals surface area (Å²) in [5.41, 5.74) is 14.6. The number of hydrogen-bond donors (Lipinski definition) is 2. The van der Waals surface area contributed by atoms with E-state index >= 15 is 0 Å². The maximum absolute atomic E-state index is 14.4. The Morgan fingerprint density at radius 1 is 0.341 bits per heavy atom. The highest BCUT2D eigenvalue weighted by Gasteiger charge is 2.32. The number of nitrogens with one attached hydrogen (secondary N) is 1. The number of benzene rings is 10. The Labute approximate surface area is 754 Å². The monoisotopic (exact) mass is 1850 g/mol. The van der Waals surface area contributed by atoms with Gasteiger partial charge in [-0.3, -0.25) is 28.1 Å². The van der Waals surface area contributed by atoms with E-state index in [0.717, 1.165) is 46.8 Å². The van der Waals surface area contributed by atoms with Crippen molar-refractivity contribution in [3.63, 3.8) is 0 Å². The van der Waals surface area contributed by atoms with Crippen molar-refractivity contribution >= 4 is 121 Å². The number of fused-ring (bicyclic) bond motifs is 3. The van der Waals surface area contributed by atoms with Crippen LogP contribution in [0.4, 0.5) is 11.9 Å². The fourth-order valence-electron chi connectivity index (χ4n) is 14.1. The number of aromatic nitrogens is 18. The number of hydrogen-bond acceptors (Lipinski definition) is 24. The van der Waals surface area contributed by atoms with Crippen molar-refractivity contribution < 1.29 is 30.0 Å². The molecule has 640 valence electrons. The zero-order valence-electron chi connectivity index (χ0n) is 67.9. The van der Waals surface area contributed by atoms with Crippen molar-refractivity contribution in [2.75, 3.05) is 36.9 Å². The molecule has 0 saturated heterocycles. The van der Waals surface area contributed by atoms with E-state index < -0.39 is 46.2 Å². The van der Waals surface area contributed by atoms with Crippen LogP contribution in [0.25, 0.3) is 135 Å². The van der Waals surface area contributed by atoms with Crippen LogP contribution in [0.5, 0.6) is 5.75 Å². The minimum atomic E-state index is -3.91. The molecule has 0 aliphatic carbocycles. The quantitative estimate of drug-likeness (QED) is 0.0710. The van der Waals surface area contributed by atoms with Gasteiger partial charge in [-0.25, -0.2) is 84.2 Å². The van der Waals surface area contributed by atoms with Gasteiger partial charge in [0.1, 0.15) is 39.4 Å². The molecule has 129 heavy (non-hydrogen) atoms. The molecule has 0 aliphatic rings. The van der Waals surface area contributed by atoms with E-state index in [4.69, 9.17) is 76.8 Å². The topological polar surface area (TPSA) is 385 Å². The maximum Gasteiger partial charge on any atom is 0.270 e. The van der Waals surface area contributed by atoms with Crippen LogP contribution in [0, 0.1) is 0 Å². The summed E-state index contributed by atoms with van der Waals surface area (Å²) >= 11 is 24.4. The Hall–Kier alpha value is -15.1. The standard InChI is InChI=1S/C36H28ClN7O4S.C28H18Cl2N6O3S.C28H20ClN7O3S/c1-48-29-18-8-23(9-19-29)22-39-36-38-21-20-30(40-36)24-10-12-25(13-11-24)32-41-33-31(35(45)43(32)27-16-14-26(37)15-17-27)34(49(2,46)47)42-44(33)28-6-4-3-5-7-28;2*1-40(38,39)26-23-25(36(34-26)21-5-3-2-4-6-21)33-24(35(27(23)37)20-13-11-19(29)12-14-20)18-9-7-17(8-10-18)22-15-16-31-28(30)32-22/h3-21H,22H2,1-2H3,(H,38,39,40);2-16H,1H3;2-16H,1H3,(H2,30,31,32). The Morgan fingerprint density at radius 3 is 0.969 bits per heavy atom. The first-order chi connectivity index (χ1) is 62.1. The summed E-state index contributed by atoms with van der Waals surface area (Å²) in [6.07, 6.45) is 7.88. The van der Waals surface area contributed by atoms with E-state index in [-0.39, 0.29) is 76.9 Å². The van der Waals surface area contributed by atoms with Crippen LogP contribution in [-0.2, 0) is 36.1 Å². The van der Waals surface area contributed by atoms with E-state index in [9.17, 15) is 39.6 Å². The predicted molar refractivity (Wildman–Crippen MR) is 497 cm³/mol. The van der Waals surface area contributed by atoms with E-state index in [1.165, 1.54) is 27.7 Å². The minimum Gasteiger partial charge on any atom is -0.497 e. The van der Waals surface area contributed by atoms with Crippen molar-refractivity contribution in [3.05, 3.63) is 355 Å². The van der Waals surface area contributed by atoms with Gasteiger partial charge in [0.05, 0.1) is 58.3 Å². The second-order valence-electron chi connectivity index (χ2n) is 28.9. The first-order valence-electron chi connectivity index (χ1n) is 38.9. The summed E-state index contributed by atoms with van der Waals surface area (Å²) in [5.74, 6) is 2.26. The molecule has 9 heterocycles. The van der Waals surface area contributed by atoms with Gasteiger partial charge in [0.2, 0.25) is 17.2 Å². The molecular weight excluding hydrogens is 1780 g/mol. The van der Waals surface area contributed by atoms with Gasteiger partial charge in [-0.15, -0.1) is 0 Å². The van der Waals surface area contributed by atoms with E-state index in [1.54, 1.807) is 208 Å². The Kier molecular flexibility index (Phi) is 23.8. The zero-order chi connectivity index (χ0) is 90.2. The molecule has 0 radical (unpaired) electrons. The minimum absolute atomic E-state index is 0.113. The molecule has 37 heteroatoms. The largest absolute Gasteiger partial charge is 0.497 e. The first-order valence-corrected chi connectivity index (χ1v) is 46.1. The van der Waals surface area contributed by atoms with Crippen molar-refractivity contribution in [1.82, 2.24) is 87.9 Å². The van der Waals surface area contributed by atoms with Gasteiger partial charge >= 0.3 is 0 Å². The molecule has 0 spiro atoms. The lowest BCUT2D eigenvalue weighted by Crippen LogP contribution is -2.23. The number of para-hydroxylation sites is 3. The Balaban J connectivity index is 0.000000137. The fourth-order valence-corrected chi connectivity index (χ4v) is 17.0. The highest BCUT2D eigenvalue weighted by Crippen LogP contribution is 2.35. The van der Waals surface area contributed by atoms with Crippen molar-refractivity contribution in [2.45, 2.75) is 21.6 Å². The maximum atomic E-state index is 14.4. The van der Waals surface area contributed by atoms with Crippen LogP contribution in [0.15, 0.2) is 327 Å². The highest BCUT2D eigenvalue weighted by molar-refractivity contribution is 7.91.